The lowest BCUT2D eigenvalue weighted by atomic mass is 10.4. The van der Waals surface area contributed by atoms with E-state index >= 15 is 0 Å². The summed E-state index contributed by atoms with van der Waals surface area (Å²) in [4.78, 5) is 0. The summed E-state index contributed by atoms with van der Waals surface area (Å²) in [5, 5.41) is 0. The van der Waals surface area contributed by atoms with Gasteiger partial charge in [-0.1, -0.05) is 40.5 Å². The summed E-state index contributed by atoms with van der Waals surface area (Å²) in [5.41, 5.74) is 0. The van der Waals surface area contributed by atoms with Gasteiger partial charge < -0.3 is 0 Å². The molecule has 0 saturated carbocycles. The molecule has 1 aliphatic rings. The van der Waals surface area contributed by atoms with E-state index in [-0.39, 0.29) is 0 Å². The summed E-state index contributed by atoms with van der Waals surface area (Å²) >= 11 is 0. The Kier molecular flexibility index (Phi) is 9.26. The Morgan fingerprint density at radius 2 is 0.850 bits per heavy atom. The van der Waals surface area contributed by atoms with Crippen LogP contribution in [0.5, 0.6) is 0 Å². The molecule has 0 radical (unpaired) electrons. The highest BCUT2D eigenvalue weighted by Crippen LogP contribution is 2.73. The Labute approximate surface area is 130 Å². The smallest absolute Gasteiger partial charge is 0.0652 e. The van der Waals surface area contributed by atoms with Gasteiger partial charge in [-0.05, 0) is 25.7 Å². The van der Waals surface area contributed by atoms with E-state index in [1.54, 1.807) is 49.3 Å². The average Bonchev–Trinajstić information content (AvgIpc) is 2.47. The van der Waals surface area contributed by atoms with Crippen molar-refractivity contribution in [3.63, 3.8) is 0 Å². The maximum atomic E-state index is 2.42. The van der Waals surface area contributed by atoms with Gasteiger partial charge in [-0.3, -0.25) is 0 Å². The third-order valence-electron chi connectivity index (χ3n) is 5.47. The first-order valence-corrected chi connectivity index (χ1v) is 14.4. The Morgan fingerprint density at radius 3 is 1.10 bits per heavy atom. The van der Waals surface area contributed by atoms with Crippen molar-refractivity contribution < 1.29 is 0 Å². The molecule has 1 rings (SSSR count). The molecule has 0 aromatic carbocycles. The first-order chi connectivity index (χ1) is 9.66. The summed E-state index contributed by atoms with van der Waals surface area (Å²) in [6.07, 6.45) is 22.0. The predicted octanol–water partition coefficient (Wildman–Crippen LogP) is 6.46. The van der Waals surface area contributed by atoms with Crippen molar-refractivity contribution in [1.29, 1.82) is 0 Å². The topological polar surface area (TPSA) is 0 Å². The van der Waals surface area contributed by atoms with Gasteiger partial charge in [-0.2, -0.15) is 0 Å². The molecule has 0 atom stereocenters. The molecule has 1 saturated heterocycles. The summed E-state index contributed by atoms with van der Waals surface area (Å²) in [6, 6.07) is 0. The molecule has 1 aliphatic heterocycles. The van der Waals surface area contributed by atoms with Crippen LogP contribution in [0.1, 0.15) is 66.2 Å². The molecule has 0 aliphatic carbocycles. The number of hydrogen-bond acceptors (Lipinski definition) is 0. The second-order valence-electron chi connectivity index (χ2n) is 7.18. The van der Waals surface area contributed by atoms with Crippen molar-refractivity contribution in [2.45, 2.75) is 66.2 Å². The molecule has 2 heteroatoms. The third kappa shape index (κ3) is 5.57. The molecule has 0 aromatic heterocycles. The molecule has 1 heterocycles. The zero-order chi connectivity index (χ0) is 14.9. The van der Waals surface area contributed by atoms with Crippen LogP contribution in [-0.4, -0.2) is 49.3 Å². The van der Waals surface area contributed by atoms with E-state index in [4.69, 9.17) is 0 Å². The SMILES string of the molecule is CCCC[P+]1(CCC)CC[P+](CCC)(CCCC)CC1. The molecule has 1 fully saturated rings. The van der Waals surface area contributed by atoms with Gasteiger partial charge in [0.25, 0.3) is 0 Å². The molecule has 0 unspecified atom stereocenters. The second kappa shape index (κ2) is 9.79. The Morgan fingerprint density at radius 1 is 0.500 bits per heavy atom. The minimum absolute atomic E-state index is 0.515. The summed E-state index contributed by atoms with van der Waals surface area (Å²) < 4.78 is 0. The minimum atomic E-state index is -0.515. The monoisotopic (exact) mass is 318 g/mol. The first kappa shape index (κ1) is 18.9. The normalized spacial score (nSPS) is 30.6. The highest BCUT2D eigenvalue weighted by atomic mass is 31.2. The van der Waals surface area contributed by atoms with E-state index in [2.05, 4.69) is 27.7 Å². The maximum Gasteiger partial charge on any atom is 0.0930 e. The van der Waals surface area contributed by atoms with Crippen LogP contribution in [0, 0.1) is 0 Å². The fourth-order valence-electron chi connectivity index (χ4n) is 4.13. The van der Waals surface area contributed by atoms with Crippen molar-refractivity contribution in [3.05, 3.63) is 0 Å². The predicted molar refractivity (Wildman–Crippen MR) is 103 cm³/mol. The summed E-state index contributed by atoms with van der Waals surface area (Å²) in [6.45, 7) is 9.60. The quantitative estimate of drug-likeness (QED) is 0.406. The standard InChI is InChI=1S/C18H40P2/c1-5-9-13-19(11-7-3)15-17-20(12-8-4,18-16-19)14-10-6-2/h5-18H2,1-4H3/q+2. The highest BCUT2D eigenvalue weighted by Gasteiger charge is 2.50. The molecule has 0 N–H and O–H groups in total. The van der Waals surface area contributed by atoms with Gasteiger partial charge in [0.15, 0.2) is 0 Å². The van der Waals surface area contributed by atoms with Crippen molar-refractivity contribution in [2.24, 2.45) is 0 Å². The van der Waals surface area contributed by atoms with Crippen LogP contribution < -0.4 is 0 Å². The Bertz CT molecular complexity index is 216. The van der Waals surface area contributed by atoms with Gasteiger partial charge in [-0.25, -0.2) is 0 Å². The Balaban J connectivity index is 2.63. The lowest BCUT2D eigenvalue weighted by molar-refractivity contribution is 0.868. The van der Waals surface area contributed by atoms with Gasteiger partial charge in [-0.15, -0.1) is 0 Å². The van der Waals surface area contributed by atoms with Crippen LogP contribution in [0.25, 0.3) is 0 Å². The Hall–Kier alpha value is 0.860. The van der Waals surface area contributed by atoms with E-state index in [9.17, 15) is 0 Å². The number of unbranched alkanes of at least 4 members (excludes halogenated alkanes) is 2. The first-order valence-electron chi connectivity index (χ1n) is 9.36. The van der Waals surface area contributed by atoms with Gasteiger partial charge in [0.05, 0.1) is 49.3 Å². The van der Waals surface area contributed by atoms with Crippen molar-refractivity contribution in [3.8, 4) is 0 Å². The van der Waals surface area contributed by atoms with E-state index in [0.29, 0.717) is 0 Å². The highest BCUT2D eigenvalue weighted by molar-refractivity contribution is 7.83. The van der Waals surface area contributed by atoms with Crippen molar-refractivity contribution >= 4 is 14.5 Å². The largest absolute Gasteiger partial charge is 0.0930 e. The van der Waals surface area contributed by atoms with E-state index < -0.39 is 14.5 Å². The molecule has 0 bridgehead atoms. The number of rotatable bonds is 10. The molecule has 0 aromatic rings. The van der Waals surface area contributed by atoms with E-state index in [1.165, 1.54) is 38.5 Å². The molecule has 20 heavy (non-hydrogen) atoms. The molecule has 0 nitrogen and oxygen atoms in total. The molecule has 120 valence electrons. The summed E-state index contributed by atoms with van der Waals surface area (Å²) in [7, 11) is -1.03. The third-order valence-corrected chi connectivity index (χ3v) is 16.2. The van der Waals surface area contributed by atoms with Crippen molar-refractivity contribution in [2.75, 3.05) is 49.3 Å². The summed E-state index contributed by atoms with van der Waals surface area (Å²) in [5.74, 6) is 0. The van der Waals surface area contributed by atoms with E-state index in [1.807, 2.05) is 0 Å². The van der Waals surface area contributed by atoms with Crippen LogP contribution in [-0.2, 0) is 0 Å². The van der Waals surface area contributed by atoms with Gasteiger partial charge in [0, 0.05) is 14.5 Å². The second-order valence-corrected chi connectivity index (χ2v) is 16.1. The number of hydrogen-bond donors (Lipinski definition) is 0. The van der Waals surface area contributed by atoms with Gasteiger partial charge >= 0.3 is 0 Å². The van der Waals surface area contributed by atoms with E-state index in [0.717, 1.165) is 0 Å². The minimum Gasteiger partial charge on any atom is -0.0652 e. The van der Waals surface area contributed by atoms with Crippen LogP contribution in [0.4, 0.5) is 0 Å². The zero-order valence-corrected chi connectivity index (χ0v) is 16.6. The maximum absolute atomic E-state index is 2.42. The molecular formula is C18H40P2+2. The fraction of sp³-hybridized carbons (Fsp3) is 1.00. The van der Waals surface area contributed by atoms with Crippen LogP contribution in [0.2, 0.25) is 0 Å². The van der Waals surface area contributed by atoms with Crippen LogP contribution >= 0.6 is 14.5 Å². The van der Waals surface area contributed by atoms with Crippen molar-refractivity contribution in [1.82, 2.24) is 0 Å². The van der Waals surface area contributed by atoms with Crippen LogP contribution in [0.3, 0.4) is 0 Å². The molecular weight excluding hydrogens is 278 g/mol. The van der Waals surface area contributed by atoms with Gasteiger partial charge in [0.1, 0.15) is 0 Å². The van der Waals surface area contributed by atoms with Gasteiger partial charge in [0.2, 0.25) is 0 Å². The van der Waals surface area contributed by atoms with Crippen LogP contribution in [0.15, 0.2) is 0 Å². The lowest BCUT2D eigenvalue weighted by Crippen LogP contribution is -2.28. The lowest BCUT2D eigenvalue weighted by Gasteiger charge is -2.38. The average molecular weight is 318 g/mol. The fourth-order valence-corrected chi connectivity index (χ4v) is 17.5. The molecule has 0 spiro atoms. The molecule has 0 amide bonds. The zero-order valence-electron chi connectivity index (χ0n) is 14.8.